The van der Waals surface area contributed by atoms with E-state index in [0.29, 0.717) is 0 Å². The topological polar surface area (TPSA) is 84.6 Å². The van der Waals surface area contributed by atoms with Crippen LogP contribution < -0.4 is 15.8 Å². The van der Waals surface area contributed by atoms with E-state index >= 15 is 0 Å². The lowest BCUT2D eigenvalue weighted by Crippen LogP contribution is -2.32. The maximum Gasteiger partial charge on any atom is 0.221 e. The SMILES string of the molecule is CC(N)CC(=O)NCC(O)c1ccc(OC(C)C)cc1.Cl. The van der Waals surface area contributed by atoms with Crippen LogP contribution in [-0.4, -0.2) is 29.7 Å². The molecule has 5 nitrogen and oxygen atoms in total. The maximum atomic E-state index is 11.4. The molecule has 120 valence electrons. The third kappa shape index (κ3) is 7.90. The minimum Gasteiger partial charge on any atom is -0.491 e. The van der Waals surface area contributed by atoms with Crippen molar-refractivity contribution in [1.29, 1.82) is 0 Å². The van der Waals surface area contributed by atoms with Gasteiger partial charge in [-0.2, -0.15) is 0 Å². The summed E-state index contributed by atoms with van der Waals surface area (Å²) in [7, 11) is 0. The van der Waals surface area contributed by atoms with Gasteiger partial charge in [-0.3, -0.25) is 4.79 Å². The van der Waals surface area contributed by atoms with Crippen molar-refractivity contribution < 1.29 is 14.6 Å². The van der Waals surface area contributed by atoms with Gasteiger partial charge in [-0.05, 0) is 38.5 Å². The molecule has 2 unspecified atom stereocenters. The Kier molecular flexibility index (Phi) is 9.01. The number of aliphatic hydroxyl groups is 1. The lowest BCUT2D eigenvalue weighted by atomic mass is 10.1. The average Bonchev–Trinajstić information content (AvgIpc) is 2.35. The lowest BCUT2D eigenvalue weighted by Gasteiger charge is -2.14. The van der Waals surface area contributed by atoms with Gasteiger partial charge < -0.3 is 20.9 Å². The molecule has 0 heterocycles. The molecule has 21 heavy (non-hydrogen) atoms. The second-order valence-corrected chi connectivity index (χ2v) is 5.24. The average molecular weight is 317 g/mol. The van der Waals surface area contributed by atoms with Crippen molar-refractivity contribution in [2.75, 3.05) is 6.54 Å². The van der Waals surface area contributed by atoms with Gasteiger partial charge in [0.15, 0.2) is 0 Å². The molecule has 2 atom stereocenters. The van der Waals surface area contributed by atoms with Gasteiger partial charge in [0.2, 0.25) is 5.91 Å². The second kappa shape index (κ2) is 9.60. The first-order chi connectivity index (χ1) is 9.38. The summed E-state index contributed by atoms with van der Waals surface area (Å²) in [6, 6.07) is 7.02. The zero-order valence-electron chi connectivity index (χ0n) is 12.7. The van der Waals surface area contributed by atoms with Crippen LogP contribution in [0.25, 0.3) is 0 Å². The molecular weight excluding hydrogens is 292 g/mol. The number of rotatable bonds is 7. The minimum atomic E-state index is -0.736. The van der Waals surface area contributed by atoms with E-state index in [1.165, 1.54) is 0 Å². The molecule has 0 aliphatic rings. The number of carbonyl (C=O) groups is 1. The third-order valence-electron chi connectivity index (χ3n) is 2.64. The van der Waals surface area contributed by atoms with Crippen molar-refractivity contribution in [1.82, 2.24) is 5.32 Å². The fourth-order valence-corrected chi connectivity index (χ4v) is 1.73. The first-order valence-electron chi connectivity index (χ1n) is 6.85. The summed E-state index contributed by atoms with van der Waals surface area (Å²) in [6.07, 6.45) is -0.364. The molecule has 0 fully saturated rings. The minimum absolute atomic E-state index is 0. The molecular formula is C15H25ClN2O3. The van der Waals surface area contributed by atoms with Crippen molar-refractivity contribution in [3.8, 4) is 5.75 Å². The highest BCUT2D eigenvalue weighted by atomic mass is 35.5. The summed E-state index contributed by atoms with van der Waals surface area (Å²) in [5, 5.41) is 12.6. The Hall–Kier alpha value is -1.30. The Balaban J connectivity index is 0.00000400. The van der Waals surface area contributed by atoms with Gasteiger partial charge in [-0.15, -0.1) is 12.4 Å². The summed E-state index contributed by atoms with van der Waals surface area (Å²) < 4.78 is 5.53. The predicted octanol–water partition coefficient (Wildman–Crippen LogP) is 1.78. The number of ether oxygens (including phenoxy) is 1. The van der Waals surface area contributed by atoms with Crippen LogP contribution in [0.3, 0.4) is 0 Å². The van der Waals surface area contributed by atoms with E-state index < -0.39 is 6.10 Å². The van der Waals surface area contributed by atoms with Crippen LogP contribution in [0.15, 0.2) is 24.3 Å². The molecule has 0 bridgehead atoms. The number of hydrogen-bond acceptors (Lipinski definition) is 4. The fourth-order valence-electron chi connectivity index (χ4n) is 1.73. The van der Waals surface area contributed by atoms with Crippen LogP contribution in [-0.2, 0) is 4.79 Å². The van der Waals surface area contributed by atoms with E-state index in [2.05, 4.69) is 5.32 Å². The molecule has 4 N–H and O–H groups in total. The Labute approximate surface area is 132 Å². The van der Waals surface area contributed by atoms with Crippen LogP contribution in [0.5, 0.6) is 5.75 Å². The largest absolute Gasteiger partial charge is 0.491 e. The quantitative estimate of drug-likeness (QED) is 0.716. The highest BCUT2D eigenvalue weighted by molar-refractivity contribution is 5.85. The highest BCUT2D eigenvalue weighted by Crippen LogP contribution is 2.18. The number of nitrogens with two attached hydrogens (primary N) is 1. The van der Waals surface area contributed by atoms with Crippen molar-refractivity contribution in [2.24, 2.45) is 5.73 Å². The van der Waals surface area contributed by atoms with Crippen molar-refractivity contribution in [2.45, 2.75) is 45.4 Å². The van der Waals surface area contributed by atoms with Crippen molar-refractivity contribution in [3.05, 3.63) is 29.8 Å². The van der Waals surface area contributed by atoms with Crippen molar-refractivity contribution in [3.63, 3.8) is 0 Å². The van der Waals surface area contributed by atoms with E-state index in [-0.39, 0.29) is 43.4 Å². The summed E-state index contributed by atoms with van der Waals surface area (Å²) in [6.45, 7) is 5.85. The Morgan fingerprint density at radius 2 is 1.86 bits per heavy atom. The molecule has 0 spiro atoms. The number of nitrogens with one attached hydrogen (secondary N) is 1. The molecule has 1 aromatic rings. The Bertz CT molecular complexity index is 421. The molecule has 6 heteroatoms. The molecule has 0 aliphatic carbocycles. The van der Waals surface area contributed by atoms with Gasteiger partial charge in [0.05, 0.1) is 12.2 Å². The molecule has 1 amide bonds. The van der Waals surface area contributed by atoms with E-state index in [1.54, 1.807) is 19.1 Å². The monoisotopic (exact) mass is 316 g/mol. The lowest BCUT2D eigenvalue weighted by molar-refractivity contribution is -0.121. The Morgan fingerprint density at radius 3 is 2.33 bits per heavy atom. The van der Waals surface area contributed by atoms with Gasteiger partial charge in [0.1, 0.15) is 5.75 Å². The van der Waals surface area contributed by atoms with Crippen LogP contribution in [0.1, 0.15) is 38.9 Å². The van der Waals surface area contributed by atoms with E-state index in [4.69, 9.17) is 10.5 Å². The van der Waals surface area contributed by atoms with Gasteiger partial charge in [-0.25, -0.2) is 0 Å². The molecule has 0 aromatic heterocycles. The van der Waals surface area contributed by atoms with Crippen LogP contribution in [0, 0.1) is 0 Å². The Morgan fingerprint density at radius 1 is 1.29 bits per heavy atom. The van der Waals surface area contributed by atoms with E-state index in [1.807, 2.05) is 26.0 Å². The molecule has 0 saturated carbocycles. The summed E-state index contributed by atoms with van der Waals surface area (Å²) in [4.78, 5) is 11.4. The second-order valence-electron chi connectivity index (χ2n) is 5.24. The number of halogens is 1. The highest BCUT2D eigenvalue weighted by Gasteiger charge is 2.11. The normalized spacial score (nSPS) is 13.2. The van der Waals surface area contributed by atoms with Gasteiger partial charge in [0, 0.05) is 19.0 Å². The van der Waals surface area contributed by atoms with Gasteiger partial charge in [0.25, 0.3) is 0 Å². The summed E-state index contributed by atoms with van der Waals surface area (Å²) in [5.74, 6) is 0.607. The molecule has 1 aromatic carbocycles. The number of hydrogen-bond donors (Lipinski definition) is 3. The summed E-state index contributed by atoms with van der Waals surface area (Å²) >= 11 is 0. The number of amides is 1. The molecule has 0 radical (unpaired) electrons. The van der Waals surface area contributed by atoms with E-state index in [9.17, 15) is 9.90 Å². The standard InChI is InChI=1S/C15H24N2O3.ClH/c1-10(2)20-13-6-4-12(5-7-13)14(18)9-17-15(19)8-11(3)16;/h4-7,10-11,14,18H,8-9,16H2,1-3H3,(H,17,19);1H. The van der Waals surface area contributed by atoms with Crippen LogP contribution >= 0.6 is 12.4 Å². The zero-order valence-corrected chi connectivity index (χ0v) is 13.5. The number of benzene rings is 1. The first-order valence-corrected chi connectivity index (χ1v) is 6.85. The smallest absolute Gasteiger partial charge is 0.221 e. The number of carbonyl (C=O) groups excluding carboxylic acids is 1. The van der Waals surface area contributed by atoms with Crippen LogP contribution in [0.2, 0.25) is 0 Å². The van der Waals surface area contributed by atoms with Gasteiger partial charge >= 0.3 is 0 Å². The molecule has 0 saturated heterocycles. The summed E-state index contributed by atoms with van der Waals surface area (Å²) in [5.41, 5.74) is 6.27. The van der Waals surface area contributed by atoms with E-state index in [0.717, 1.165) is 11.3 Å². The molecule has 0 aliphatic heterocycles. The van der Waals surface area contributed by atoms with Crippen LogP contribution in [0.4, 0.5) is 0 Å². The number of aliphatic hydroxyl groups excluding tert-OH is 1. The fraction of sp³-hybridized carbons (Fsp3) is 0.533. The first kappa shape index (κ1) is 19.7. The van der Waals surface area contributed by atoms with Gasteiger partial charge in [-0.1, -0.05) is 12.1 Å². The predicted molar refractivity (Wildman–Crippen MR) is 85.7 cm³/mol. The molecule has 1 rings (SSSR count). The third-order valence-corrected chi connectivity index (χ3v) is 2.64. The maximum absolute atomic E-state index is 11.4. The van der Waals surface area contributed by atoms with Crippen molar-refractivity contribution >= 4 is 18.3 Å². The zero-order chi connectivity index (χ0) is 15.1.